The van der Waals surface area contributed by atoms with Crippen LogP contribution in [0, 0.1) is 6.92 Å². The summed E-state index contributed by atoms with van der Waals surface area (Å²) in [7, 11) is 0. The molecule has 0 aliphatic carbocycles. The number of para-hydroxylation sites is 1. The fourth-order valence-electron chi connectivity index (χ4n) is 4.89. The number of aromatic nitrogens is 5. The molecule has 1 aliphatic rings. The summed E-state index contributed by atoms with van der Waals surface area (Å²) in [5.41, 5.74) is 4.17. The summed E-state index contributed by atoms with van der Waals surface area (Å²) in [4.78, 5) is 26.4. The van der Waals surface area contributed by atoms with Crippen molar-refractivity contribution in [2.45, 2.75) is 19.9 Å². The SMILES string of the molecule is Cc1cccc(-c2nnc3c4ccccc4nc(N4CCN(C(=O)c5cccnc5Cl)C(C)C4)n23)c1. The topological polar surface area (TPSA) is 79.5 Å². The van der Waals surface area contributed by atoms with Gasteiger partial charge in [-0.2, -0.15) is 0 Å². The number of benzene rings is 2. The van der Waals surface area contributed by atoms with Gasteiger partial charge in [0.15, 0.2) is 11.5 Å². The Morgan fingerprint density at radius 1 is 1.03 bits per heavy atom. The summed E-state index contributed by atoms with van der Waals surface area (Å²) in [6.07, 6.45) is 1.59. The van der Waals surface area contributed by atoms with Crippen LogP contribution in [0.4, 0.5) is 5.95 Å². The summed E-state index contributed by atoms with van der Waals surface area (Å²) in [5.74, 6) is 1.40. The van der Waals surface area contributed by atoms with Gasteiger partial charge in [0.25, 0.3) is 5.91 Å². The lowest BCUT2D eigenvalue weighted by molar-refractivity contribution is 0.0673. The molecule has 180 valence electrons. The highest BCUT2D eigenvalue weighted by molar-refractivity contribution is 6.32. The minimum absolute atomic E-state index is 0.0651. The van der Waals surface area contributed by atoms with Crippen molar-refractivity contribution in [1.82, 2.24) is 29.5 Å². The van der Waals surface area contributed by atoms with E-state index in [1.165, 1.54) is 0 Å². The molecule has 1 aliphatic heterocycles. The highest BCUT2D eigenvalue weighted by atomic mass is 35.5. The zero-order valence-electron chi connectivity index (χ0n) is 20.0. The average Bonchev–Trinajstić information content (AvgIpc) is 3.34. The molecule has 1 amide bonds. The van der Waals surface area contributed by atoms with Crippen LogP contribution in [-0.4, -0.2) is 61.0 Å². The van der Waals surface area contributed by atoms with E-state index in [0.29, 0.717) is 25.2 Å². The van der Waals surface area contributed by atoms with Crippen LogP contribution in [0.2, 0.25) is 5.15 Å². The average molecular weight is 498 g/mol. The van der Waals surface area contributed by atoms with Crippen molar-refractivity contribution in [3.05, 3.63) is 83.1 Å². The molecule has 9 heteroatoms. The maximum Gasteiger partial charge on any atom is 0.257 e. The van der Waals surface area contributed by atoms with E-state index < -0.39 is 0 Å². The molecule has 0 spiro atoms. The van der Waals surface area contributed by atoms with Gasteiger partial charge in [0.05, 0.1) is 11.1 Å². The smallest absolute Gasteiger partial charge is 0.257 e. The molecular weight excluding hydrogens is 474 g/mol. The predicted molar refractivity (Wildman–Crippen MR) is 140 cm³/mol. The van der Waals surface area contributed by atoms with E-state index >= 15 is 0 Å². The van der Waals surface area contributed by atoms with E-state index in [-0.39, 0.29) is 17.1 Å². The Morgan fingerprint density at radius 3 is 2.69 bits per heavy atom. The third-order valence-electron chi connectivity index (χ3n) is 6.67. The van der Waals surface area contributed by atoms with Gasteiger partial charge in [-0.1, -0.05) is 47.5 Å². The second-order valence-corrected chi connectivity index (χ2v) is 9.47. The molecule has 0 bridgehead atoms. The number of hydrogen-bond acceptors (Lipinski definition) is 6. The summed E-state index contributed by atoms with van der Waals surface area (Å²) in [6, 6.07) is 19.6. The Morgan fingerprint density at radius 2 is 1.89 bits per heavy atom. The molecule has 4 heterocycles. The van der Waals surface area contributed by atoms with Gasteiger partial charge in [-0.3, -0.25) is 4.79 Å². The van der Waals surface area contributed by atoms with Gasteiger partial charge in [0, 0.05) is 42.8 Å². The first kappa shape index (κ1) is 22.4. The number of anilines is 1. The van der Waals surface area contributed by atoms with Crippen LogP contribution in [-0.2, 0) is 0 Å². The molecule has 1 fully saturated rings. The zero-order chi connectivity index (χ0) is 24.8. The minimum Gasteiger partial charge on any atom is -0.338 e. The van der Waals surface area contributed by atoms with Gasteiger partial charge in [0.2, 0.25) is 5.95 Å². The maximum atomic E-state index is 13.2. The van der Waals surface area contributed by atoms with Gasteiger partial charge >= 0.3 is 0 Å². The lowest BCUT2D eigenvalue weighted by Gasteiger charge is -2.40. The van der Waals surface area contributed by atoms with E-state index in [4.69, 9.17) is 16.6 Å². The van der Waals surface area contributed by atoms with E-state index in [9.17, 15) is 4.79 Å². The number of rotatable bonds is 3. The van der Waals surface area contributed by atoms with Crippen LogP contribution in [0.15, 0.2) is 66.9 Å². The van der Waals surface area contributed by atoms with E-state index in [1.54, 1.807) is 18.3 Å². The van der Waals surface area contributed by atoms with Crippen molar-refractivity contribution in [2.24, 2.45) is 0 Å². The Kier molecular flexibility index (Phi) is 5.53. The number of carbonyl (C=O) groups is 1. The largest absolute Gasteiger partial charge is 0.338 e. The molecule has 2 aromatic carbocycles. The molecular formula is C27H24ClN7O. The van der Waals surface area contributed by atoms with Crippen molar-refractivity contribution in [3.63, 3.8) is 0 Å². The normalized spacial score (nSPS) is 16.1. The van der Waals surface area contributed by atoms with Crippen molar-refractivity contribution in [3.8, 4) is 11.4 Å². The van der Waals surface area contributed by atoms with Crippen LogP contribution >= 0.6 is 11.6 Å². The molecule has 5 aromatic rings. The molecule has 3 aromatic heterocycles. The van der Waals surface area contributed by atoms with Crippen LogP contribution in [0.5, 0.6) is 0 Å². The number of halogens is 1. The van der Waals surface area contributed by atoms with Gasteiger partial charge < -0.3 is 9.80 Å². The first-order chi connectivity index (χ1) is 17.5. The number of fused-ring (bicyclic) bond motifs is 3. The second-order valence-electron chi connectivity index (χ2n) is 9.12. The van der Waals surface area contributed by atoms with E-state index in [2.05, 4.69) is 39.1 Å². The van der Waals surface area contributed by atoms with E-state index in [0.717, 1.165) is 39.4 Å². The molecule has 0 radical (unpaired) electrons. The minimum atomic E-state index is -0.110. The van der Waals surface area contributed by atoms with Crippen LogP contribution in [0.1, 0.15) is 22.8 Å². The molecule has 0 saturated carbocycles. The standard InChI is InChI=1S/C27H24ClN7O/c1-17-7-5-8-19(15-17)24-31-32-25-20-9-3-4-11-22(20)30-27(35(24)25)33-13-14-34(18(2)16-33)26(36)21-10-6-12-29-23(21)28/h3-12,15,18H,13-14,16H2,1-2H3. The van der Waals surface area contributed by atoms with Crippen molar-refractivity contribution >= 4 is 40.0 Å². The Hall–Kier alpha value is -4.04. The highest BCUT2D eigenvalue weighted by Crippen LogP contribution is 2.30. The van der Waals surface area contributed by atoms with Crippen molar-refractivity contribution in [1.29, 1.82) is 0 Å². The molecule has 1 unspecified atom stereocenters. The number of nitrogens with zero attached hydrogens (tertiary/aromatic N) is 7. The quantitative estimate of drug-likeness (QED) is 0.337. The molecule has 1 atom stereocenters. The van der Waals surface area contributed by atoms with Crippen LogP contribution in [0.3, 0.4) is 0 Å². The van der Waals surface area contributed by atoms with Crippen molar-refractivity contribution < 1.29 is 4.79 Å². The Labute approximate surface area is 213 Å². The van der Waals surface area contributed by atoms with E-state index in [1.807, 2.05) is 52.6 Å². The predicted octanol–water partition coefficient (Wildman–Crippen LogP) is 4.65. The van der Waals surface area contributed by atoms with Gasteiger partial charge in [0.1, 0.15) is 5.15 Å². The third kappa shape index (κ3) is 3.74. The van der Waals surface area contributed by atoms with Crippen molar-refractivity contribution in [2.75, 3.05) is 24.5 Å². The number of carbonyl (C=O) groups excluding carboxylic acids is 1. The molecule has 6 rings (SSSR count). The van der Waals surface area contributed by atoms with Gasteiger partial charge in [-0.25, -0.2) is 14.4 Å². The number of hydrogen-bond donors (Lipinski definition) is 0. The first-order valence-corrected chi connectivity index (χ1v) is 12.3. The highest BCUT2D eigenvalue weighted by Gasteiger charge is 2.31. The number of aryl methyl sites for hydroxylation is 1. The number of piperazine rings is 1. The maximum absolute atomic E-state index is 13.2. The lowest BCUT2D eigenvalue weighted by atomic mass is 10.1. The summed E-state index contributed by atoms with van der Waals surface area (Å²) < 4.78 is 2.04. The third-order valence-corrected chi connectivity index (χ3v) is 6.97. The summed E-state index contributed by atoms with van der Waals surface area (Å²) in [6.45, 7) is 5.85. The first-order valence-electron chi connectivity index (χ1n) is 11.9. The second kappa shape index (κ2) is 8.87. The molecule has 1 saturated heterocycles. The monoisotopic (exact) mass is 497 g/mol. The number of pyridine rings is 1. The molecule has 36 heavy (non-hydrogen) atoms. The van der Waals surface area contributed by atoms with Gasteiger partial charge in [-0.15, -0.1) is 10.2 Å². The molecule has 0 N–H and O–H groups in total. The Balaban J connectivity index is 1.42. The molecule has 8 nitrogen and oxygen atoms in total. The summed E-state index contributed by atoms with van der Waals surface area (Å²) >= 11 is 6.21. The zero-order valence-corrected chi connectivity index (χ0v) is 20.7. The lowest BCUT2D eigenvalue weighted by Crippen LogP contribution is -2.54. The fraction of sp³-hybridized carbons (Fsp3) is 0.222. The number of amides is 1. The van der Waals surface area contributed by atoms with Gasteiger partial charge in [-0.05, 0) is 44.2 Å². The fourth-order valence-corrected chi connectivity index (χ4v) is 5.09. The van der Waals surface area contributed by atoms with Crippen LogP contribution < -0.4 is 4.90 Å². The van der Waals surface area contributed by atoms with Crippen LogP contribution in [0.25, 0.3) is 27.9 Å². The Bertz CT molecular complexity index is 1610. The summed E-state index contributed by atoms with van der Waals surface area (Å²) in [5, 5.41) is 10.3.